The number of hydrogen-bond acceptors (Lipinski definition) is 4. The minimum atomic E-state index is -0.468. The summed E-state index contributed by atoms with van der Waals surface area (Å²) in [6.45, 7) is 6.05. The molecule has 1 N–H and O–H groups in total. The van der Waals surface area contributed by atoms with E-state index in [0.29, 0.717) is 6.54 Å². The second-order valence-electron chi connectivity index (χ2n) is 5.61. The van der Waals surface area contributed by atoms with Gasteiger partial charge in [-0.3, -0.25) is 9.38 Å². The van der Waals surface area contributed by atoms with E-state index in [1.54, 1.807) is 18.6 Å². The highest BCUT2D eigenvalue weighted by molar-refractivity contribution is 5.67. The standard InChI is InChI=1S/C15H20N4O2/c1-15(2,3)21-14(20)17-7-5-4-6-12-10-18-13-11-16-8-9-19(12)13/h4,6,8-11H,5,7H2,1-3H3,(H,17,20). The molecule has 0 spiro atoms. The number of nitrogens with zero attached hydrogens (tertiary/aromatic N) is 3. The average Bonchev–Trinajstić information content (AvgIpc) is 2.80. The number of carbonyl (C=O) groups is 1. The van der Waals surface area contributed by atoms with Crippen LogP contribution in [0.4, 0.5) is 4.79 Å². The number of amides is 1. The van der Waals surface area contributed by atoms with Gasteiger partial charge >= 0.3 is 6.09 Å². The van der Waals surface area contributed by atoms with E-state index in [0.717, 1.165) is 17.8 Å². The van der Waals surface area contributed by atoms with Gasteiger partial charge in [0.2, 0.25) is 0 Å². The highest BCUT2D eigenvalue weighted by Gasteiger charge is 2.15. The van der Waals surface area contributed by atoms with Crippen LogP contribution in [0.2, 0.25) is 0 Å². The molecule has 0 aliphatic carbocycles. The maximum atomic E-state index is 11.4. The topological polar surface area (TPSA) is 68.5 Å². The van der Waals surface area contributed by atoms with Crippen LogP contribution in [0.1, 0.15) is 32.9 Å². The molecule has 0 unspecified atom stereocenters. The van der Waals surface area contributed by atoms with Crippen molar-refractivity contribution in [1.29, 1.82) is 0 Å². The first kappa shape index (κ1) is 15.0. The SMILES string of the molecule is CC(C)(C)OC(=O)NCCC=Cc1cnc2cnccn12. The Balaban J connectivity index is 1.80. The highest BCUT2D eigenvalue weighted by atomic mass is 16.6. The van der Waals surface area contributed by atoms with Gasteiger partial charge in [0.1, 0.15) is 5.60 Å². The van der Waals surface area contributed by atoms with Gasteiger partial charge in [-0.1, -0.05) is 6.08 Å². The summed E-state index contributed by atoms with van der Waals surface area (Å²) in [4.78, 5) is 19.7. The summed E-state index contributed by atoms with van der Waals surface area (Å²) in [6, 6.07) is 0. The maximum Gasteiger partial charge on any atom is 0.407 e. The first-order chi connectivity index (χ1) is 9.96. The second-order valence-corrected chi connectivity index (χ2v) is 5.61. The number of aromatic nitrogens is 3. The maximum absolute atomic E-state index is 11.4. The first-order valence-electron chi connectivity index (χ1n) is 6.86. The molecule has 6 heteroatoms. The fourth-order valence-corrected chi connectivity index (χ4v) is 1.76. The molecular formula is C15H20N4O2. The molecule has 0 radical (unpaired) electrons. The van der Waals surface area contributed by atoms with Gasteiger partial charge in [0.15, 0.2) is 5.65 Å². The van der Waals surface area contributed by atoms with Gasteiger partial charge < -0.3 is 10.1 Å². The smallest absolute Gasteiger partial charge is 0.407 e. The van der Waals surface area contributed by atoms with Crippen LogP contribution < -0.4 is 5.32 Å². The number of carbonyl (C=O) groups excluding carboxylic acids is 1. The lowest BCUT2D eigenvalue weighted by atomic mass is 10.2. The van der Waals surface area contributed by atoms with E-state index in [1.807, 2.05) is 43.5 Å². The van der Waals surface area contributed by atoms with E-state index in [2.05, 4.69) is 15.3 Å². The zero-order valence-electron chi connectivity index (χ0n) is 12.5. The third kappa shape index (κ3) is 4.59. The lowest BCUT2D eigenvalue weighted by Gasteiger charge is -2.19. The van der Waals surface area contributed by atoms with Crippen molar-refractivity contribution in [3.8, 4) is 0 Å². The van der Waals surface area contributed by atoms with Gasteiger partial charge in [-0.05, 0) is 33.3 Å². The van der Waals surface area contributed by atoms with Crippen LogP contribution >= 0.6 is 0 Å². The minimum absolute atomic E-state index is 0.392. The molecule has 6 nitrogen and oxygen atoms in total. The summed E-state index contributed by atoms with van der Waals surface area (Å²) >= 11 is 0. The van der Waals surface area contributed by atoms with Gasteiger partial charge in [0, 0.05) is 18.9 Å². The van der Waals surface area contributed by atoms with Crippen molar-refractivity contribution in [3.05, 3.63) is 36.6 Å². The summed E-state index contributed by atoms with van der Waals surface area (Å²) in [7, 11) is 0. The summed E-state index contributed by atoms with van der Waals surface area (Å²) in [5.41, 5.74) is 1.32. The molecule has 2 rings (SSSR count). The van der Waals surface area contributed by atoms with E-state index in [1.165, 1.54) is 0 Å². The molecule has 2 heterocycles. The number of nitrogens with one attached hydrogen (secondary N) is 1. The molecule has 0 saturated heterocycles. The summed E-state index contributed by atoms with van der Waals surface area (Å²) in [5.74, 6) is 0. The molecule has 0 atom stereocenters. The van der Waals surface area contributed by atoms with Crippen molar-refractivity contribution in [1.82, 2.24) is 19.7 Å². The lowest BCUT2D eigenvalue weighted by Crippen LogP contribution is -2.32. The third-order valence-electron chi connectivity index (χ3n) is 2.61. The summed E-state index contributed by atoms with van der Waals surface area (Å²) < 4.78 is 7.10. The Morgan fingerprint density at radius 3 is 3.00 bits per heavy atom. The molecule has 0 aliphatic heterocycles. The van der Waals surface area contributed by atoms with Crippen LogP contribution in [0.15, 0.2) is 30.9 Å². The van der Waals surface area contributed by atoms with Crippen molar-refractivity contribution in [2.75, 3.05) is 6.54 Å². The van der Waals surface area contributed by atoms with Gasteiger partial charge in [-0.2, -0.15) is 0 Å². The number of rotatable bonds is 4. The quantitative estimate of drug-likeness (QED) is 0.878. The Kier molecular flexibility index (Phi) is 4.57. The van der Waals surface area contributed by atoms with Gasteiger partial charge in [-0.15, -0.1) is 0 Å². The van der Waals surface area contributed by atoms with Crippen molar-refractivity contribution >= 4 is 17.8 Å². The van der Waals surface area contributed by atoms with E-state index in [9.17, 15) is 4.79 Å². The fraction of sp³-hybridized carbons (Fsp3) is 0.400. The van der Waals surface area contributed by atoms with Crippen LogP contribution in [-0.2, 0) is 4.74 Å². The van der Waals surface area contributed by atoms with Gasteiger partial charge in [0.25, 0.3) is 0 Å². The van der Waals surface area contributed by atoms with Crippen LogP contribution in [-0.4, -0.2) is 32.6 Å². The second kappa shape index (κ2) is 6.39. The van der Waals surface area contributed by atoms with Crippen molar-refractivity contribution in [2.24, 2.45) is 0 Å². The molecular weight excluding hydrogens is 268 g/mol. The highest BCUT2D eigenvalue weighted by Crippen LogP contribution is 2.07. The molecule has 2 aromatic heterocycles. The Labute approximate surface area is 123 Å². The number of fused-ring (bicyclic) bond motifs is 1. The number of imidazole rings is 1. The van der Waals surface area contributed by atoms with Gasteiger partial charge in [-0.25, -0.2) is 9.78 Å². The number of hydrogen-bond donors (Lipinski definition) is 1. The van der Waals surface area contributed by atoms with Crippen molar-refractivity contribution < 1.29 is 9.53 Å². The summed E-state index contributed by atoms with van der Waals surface area (Å²) in [6.07, 6.45) is 11.4. The van der Waals surface area contributed by atoms with Crippen LogP contribution in [0.3, 0.4) is 0 Å². The largest absolute Gasteiger partial charge is 0.444 e. The van der Waals surface area contributed by atoms with E-state index in [-0.39, 0.29) is 0 Å². The van der Waals surface area contributed by atoms with E-state index in [4.69, 9.17) is 4.74 Å². The molecule has 2 aromatic rings. The molecule has 1 amide bonds. The zero-order chi connectivity index (χ0) is 15.3. The minimum Gasteiger partial charge on any atom is -0.444 e. The molecule has 0 fully saturated rings. The zero-order valence-corrected chi connectivity index (χ0v) is 12.5. The average molecular weight is 288 g/mol. The molecule has 0 aliphatic rings. The molecule has 0 saturated carbocycles. The number of alkyl carbamates (subject to hydrolysis) is 1. The lowest BCUT2D eigenvalue weighted by molar-refractivity contribution is 0.0529. The van der Waals surface area contributed by atoms with Gasteiger partial charge in [0.05, 0.1) is 18.1 Å². The Hall–Kier alpha value is -2.37. The predicted octanol–water partition coefficient (Wildman–Crippen LogP) is 2.66. The monoisotopic (exact) mass is 288 g/mol. The fourth-order valence-electron chi connectivity index (χ4n) is 1.76. The van der Waals surface area contributed by atoms with Crippen LogP contribution in [0, 0.1) is 0 Å². The third-order valence-corrected chi connectivity index (χ3v) is 2.61. The predicted molar refractivity (Wildman–Crippen MR) is 80.9 cm³/mol. The van der Waals surface area contributed by atoms with E-state index >= 15 is 0 Å². The van der Waals surface area contributed by atoms with Crippen molar-refractivity contribution in [3.63, 3.8) is 0 Å². The molecule has 0 aromatic carbocycles. The van der Waals surface area contributed by atoms with Crippen molar-refractivity contribution in [2.45, 2.75) is 32.8 Å². The Morgan fingerprint density at radius 2 is 2.24 bits per heavy atom. The molecule has 0 bridgehead atoms. The Morgan fingerprint density at radius 1 is 1.43 bits per heavy atom. The number of ether oxygens (including phenoxy) is 1. The molecule has 21 heavy (non-hydrogen) atoms. The molecule has 112 valence electrons. The van der Waals surface area contributed by atoms with Crippen LogP contribution in [0.25, 0.3) is 11.7 Å². The normalized spacial score (nSPS) is 12.0. The summed E-state index contributed by atoms with van der Waals surface area (Å²) in [5, 5.41) is 2.71. The Bertz CT molecular complexity index is 640. The van der Waals surface area contributed by atoms with Crippen LogP contribution in [0.5, 0.6) is 0 Å². The first-order valence-corrected chi connectivity index (χ1v) is 6.86. The van der Waals surface area contributed by atoms with E-state index < -0.39 is 11.7 Å².